The molecular weight excluding hydrogens is 180 g/mol. The van der Waals surface area contributed by atoms with Gasteiger partial charge in [-0.1, -0.05) is 6.58 Å². The standard InChI is InChI=1S/C6H5BrN2/c1-3-5(4-8)6(7)9-2/h3H,1-2H2/b6-5+. The topological polar surface area (TPSA) is 36.1 Å². The first-order valence-electron chi connectivity index (χ1n) is 2.15. The lowest BCUT2D eigenvalue weighted by Gasteiger charge is -1.86. The Hall–Kier alpha value is -0.880. The molecule has 0 aliphatic rings. The first kappa shape index (κ1) is 8.12. The zero-order valence-electron chi connectivity index (χ0n) is 4.76. The maximum atomic E-state index is 8.33. The number of nitrogens with zero attached hydrogens (tertiary/aromatic N) is 2. The monoisotopic (exact) mass is 184 g/mol. The van der Waals surface area contributed by atoms with Crippen LogP contribution in [-0.2, 0) is 0 Å². The molecule has 0 bridgehead atoms. The molecule has 0 aromatic rings. The number of rotatable bonds is 2. The first-order chi connectivity index (χ1) is 4.26. The van der Waals surface area contributed by atoms with Crippen LogP contribution in [0.1, 0.15) is 0 Å². The number of nitriles is 1. The molecule has 46 valence electrons. The van der Waals surface area contributed by atoms with Crippen LogP contribution in [0.4, 0.5) is 0 Å². The van der Waals surface area contributed by atoms with Crippen LogP contribution in [0.25, 0.3) is 0 Å². The lowest BCUT2D eigenvalue weighted by atomic mass is 10.3. The molecule has 9 heavy (non-hydrogen) atoms. The molecule has 3 heteroatoms. The second-order valence-electron chi connectivity index (χ2n) is 1.18. The number of hydrogen-bond donors (Lipinski definition) is 0. The van der Waals surface area contributed by atoms with Gasteiger partial charge in [-0.2, -0.15) is 5.26 Å². The van der Waals surface area contributed by atoms with Crippen molar-refractivity contribution in [2.24, 2.45) is 4.99 Å². The van der Waals surface area contributed by atoms with Gasteiger partial charge in [0.25, 0.3) is 0 Å². The SMILES string of the molecule is C=C/C(C#N)=C(/Br)N=C. The first-order valence-corrected chi connectivity index (χ1v) is 2.94. The Morgan fingerprint density at radius 3 is 2.44 bits per heavy atom. The highest BCUT2D eigenvalue weighted by molar-refractivity contribution is 9.11. The molecule has 0 heterocycles. The van der Waals surface area contributed by atoms with Crippen molar-refractivity contribution in [3.63, 3.8) is 0 Å². The zero-order chi connectivity index (χ0) is 7.28. The summed E-state index contributed by atoms with van der Waals surface area (Å²) in [5.74, 6) is 0. The molecule has 0 amide bonds. The summed E-state index contributed by atoms with van der Waals surface area (Å²) in [6.07, 6.45) is 1.42. The summed E-state index contributed by atoms with van der Waals surface area (Å²) < 4.78 is 0.431. The van der Waals surface area contributed by atoms with Crippen molar-refractivity contribution in [1.82, 2.24) is 0 Å². The second-order valence-corrected chi connectivity index (χ2v) is 1.93. The van der Waals surface area contributed by atoms with Gasteiger partial charge in [0.05, 0.1) is 5.57 Å². The zero-order valence-corrected chi connectivity index (χ0v) is 6.35. The van der Waals surface area contributed by atoms with Crippen LogP contribution in [0.2, 0.25) is 0 Å². The Morgan fingerprint density at radius 1 is 1.78 bits per heavy atom. The average molecular weight is 185 g/mol. The molecule has 0 aromatic carbocycles. The quantitative estimate of drug-likeness (QED) is 0.280. The van der Waals surface area contributed by atoms with E-state index >= 15 is 0 Å². The molecule has 0 saturated heterocycles. The summed E-state index contributed by atoms with van der Waals surface area (Å²) in [4.78, 5) is 3.48. The summed E-state index contributed by atoms with van der Waals surface area (Å²) in [6.45, 7) is 6.63. The molecule has 0 fully saturated rings. The maximum Gasteiger partial charge on any atom is 0.123 e. The molecule has 0 radical (unpaired) electrons. The summed E-state index contributed by atoms with van der Waals surface area (Å²) in [7, 11) is 0. The van der Waals surface area contributed by atoms with E-state index in [0.29, 0.717) is 10.2 Å². The largest absolute Gasteiger partial charge is 0.256 e. The average Bonchev–Trinajstić information content (AvgIpc) is 1.90. The van der Waals surface area contributed by atoms with Crippen molar-refractivity contribution in [3.05, 3.63) is 22.8 Å². The van der Waals surface area contributed by atoms with Gasteiger partial charge >= 0.3 is 0 Å². The van der Waals surface area contributed by atoms with E-state index in [9.17, 15) is 0 Å². The smallest absolute Gasteiger partial charge is 0.123 e. The number of aliphatic imine (C=N–C) groups is 1. The predicted molar refractivity (Wildman–Crippen MR) is 41.3 cm³/mol. The summed E-state index contributed by atoms with van der Waals surface area (Å²) >= 11 is 3.02. The van der Waals surface area contributed by atoms with E-state index in [1.54, 1.807) is 0 Å². The fourth-order valence-corrected chi connectivity index (χ4v) is 0.512. The van der Waals surface area contributed by atoms with Crippen LogP contribution in [0, 0.1) is 11.3 Å². The molecule has 0 aliphatic heterocycles. The van der Waals surface area contributed by atoms with Gasteiger partial charge in [0.15, 0.2) is 0 Å². The van der Waals surface area contributed by atoms with Crippen LogP contribution in [0.3, 0.4) is 0 Å². The van der Waals surface area contributed by atoms with Crippen molar-refractivity contribution < 1.29 is 0 Å². The Kier molecular flexibility index (Phi) is 3.65. The van der Waals surface area contributed by atoms with Crippen molar-refractivity contribution >= 4 is 22.6 Å². The maximum absolute atomic E-state index is 8.33. The third-order valence-corrected chi connectivity index (χ3v) is 1.36. The molecule has 0 unspecified atom stereocenters. The Balaban J connectivity index is 4.63. The molecular formula is C6H5BrN2. The lowest BCUT2D eigenvalue weighted by Crippen LogP contribution is -1.72. The normalized spacial score (nSPS) is 11.1. The minimum Gasteiger partial charge on any atom is -0.256 e. The number of hydrogen-bond acceptors (Lipinski definition) is 2. The minimum absolute atomic E-state index is 0.394. The van der Waals surface area contributed by atoms with Crippen molar-refractivity contribution in [3.8, 4) is 6.07 Å². The second kappa shape index (κ2) is 4.04. The predicted octanol–water partition coefficient (Wildman–Crippen LogP) is 2.00. The minimum atomic E-state index is 0.394. The van der Waals surface area contributed by atoms with Crippen LogP contribution >= 0.6 is 15.9 Å². The van der Waals surface area contributed by atoms with E-state index in [4.69, 9.17) is 5.26 Å². The van der Waals surface area contributed by atoms with E-state index in [1.165, 1.54) is 6.08 Å². The van der Waals surface area contributed by atoms with Crippen molar-refractivity contribution in [2.75, 3.05) is 0 Å². The Bertz CT molecular complexity index is 198. The molecule has 0 aromatic heterocycles. The molecule has 0 N–H and O–H groups in total. The van der Waals surface area contributed by atoms with E-state index in [-0.39, 0.29) is 0 Å². The Labute approximate surface area is 62.3 Å². The van der Waals surface area contributed by atoms with Gasteiger partial charge in [0.2, 0.25) is 0 Å². The Morgan fingerprint density at radius 2 is 2.33 bits per heavy atom. The fourth-order valence-electron chi connectivity index (χ4n) is 0.261. The van der Waals surface area contributed by atoms with E-state index < -0.39 is 0 Å². The highest BCUT2D eigenvalue weighted by Gasteiger charge is 1.92. The summed E-state index contributed by atoms with van der Waals surface area (Å²) in [5.41, 5.74) is 0.394. The molecule has 0 atom stereocenters. The van der Waals surface area contributed by atoms with Gasteiger partial charge < -0.3 is 0 Å². The third kappa shape index (κ3) is 2.24. The van der Waals surface area contributed by atoms with Crippen molar-refractivity contribution in [1.29, 1.82) is 5.26 Å². The molecule has 2 nitrogen and oxygen atoms in total. The van der Waals surface area contributed by atoms with Crippen LogP contribution < -0.4 is 0 Å². The summed E-state index contributed by atoms with van der Waals surface area (Å²) in [6, 6.07) is 1.88. The lowest BCUT2D eigenvalue weighted by molar-refractivity contribution is 1.45. The van der Waals surface area contributed by atoms with Crippen LogP contribution in [0.5, 0.6) is 0 Å². The fraction of sp³-hybridized carbons (Fsp3) is 0. The van der Waals surface area contributed by atoms with Crippen molar-refractivity contribution in [2.45, 2.75) is 0 Å². The molecule has 0 rings (SSSR count). The highest BCUT2D eigenvalue weighted by atomic mass is 79.9. The van der Waals surface area contributed by atoms with Gasteiger partial charge in [-0.3, -0.25) is 4.99 Å². The molecule has 0 spiro atoms. The van der Waals surface area contributed by atoms with Gasteiger partial charge in [0.1, 0.15) is 10.7 Å². The van der Waals surface area contributed by atoms with Gasteiger partial charge in [-0.05, 0) is 28.7 Å². The molecule has 0 aliphatic carbocycles. The third-order valence-electron chi connectivity index (χ3n) is 0.686. The van der Waals surface area contributed by atoms with Crippen LogP contribution in [0.15, 0.2) is 27.8 Å². The van der Waals surface area contributed by atoms with Gasteiger partial charge in [0, 0.05) is 0 Å². The van der Waals surface area contributed by atoms with E-state index in [0.717, 1.165) is 0 Å². The van der Waals surface area contributed by atoms with Gasteiger partial charge in [-0.15, -0.1) is 0 Å². The number of halogens is 1. The summed E-state index contributed by atoms with van der Waals surface area (Å²) in [5, 5.41) is 8.33. The molecule has 0 saturated carbocycles. The van der Waals surface area contributed by atoms with E-state index in [1.807, 2.05) is 6.07 Å². The number of allylic oxidation sites excluding steroid dienone is 2. The van der Waals surface area contributed by atoms with E-state index in [2.05, 4.69) is 34.2 Å². The highest BCUT2D eigenvalue weighted by Crippen LogP contribution is 2.12. The van der Waals surface area contributed by atoms with Gasteiger partial charge in [-0.25, -0.2) is 0 Å². The van der Waals surface area contributed by atoms with Crippen LogP contribution in [-0.4, -0.2) is 6.72 Å².